The molecule has 1 saturated heterocycles. The summed E-state index contributed by atoms with van der Waals surface area (Å²) >= 11 is 0. The quantitative estimate of drug-likeness (QED) is 0.794. The van der Waals surface area contributed by atoms with E-state index in [1.807, 2.05) is 18.2 Å². The highest BCUT2D eigenvalue weighted by atomic mass is 16.2. The van der Waals surface area contributed by atoms with E-state index in [2.05, 4.69) is 6.07 Å². The molecule has 2 aliphatic heterocycles. The Morgan fingerprint density at radius 1 is 0.840 bits per heavy atom. The lowest BCUT2D eigenvalue weighted by molar-refractivity contribution is -0.121. The van der Waals surface area contributed by atoms with E-state index in [-0.39, 0.29) is 30.6 Å². The molecule has 0 bridgehead atoms. The fourth-order valence-electron chi connectivity index (χ4n) is 3.52. The zero-order valence-electron chi connectivity index (χ0n) is 13.8. The Balaban J connectivity index is 1.60. The van der Waals surface area contributed by atoms with E-state index >= 15 is 0 Å². The smallest absolute Gasteiger partial charge is 0.258 e. The fourth-order valence-corrected chi connectivity index (χ4v) is 3.52. The Hall–Kier alpha value is -2.95. The molecule has 0 unspecified atom stereocenters. The number of amides is 3. The van der Waals surface area contributed by atoms with Crippen LogP contribution >= 0.6 is 0 Å². The van der Waals surface area contributed by atoms with Gasteiger partial charge in [0.05, 0.1) is 5.69 Å². The number of rotatable bonds is 2. The van der Waals surface area contributed by atoms with Gasteiger partial charge in [-0.2, -0.15) is 0 Å². The van der Waals surface area contributed by atoms with Crippen LogP contribution in [0.15, 0.2) is 48.5 Å². The van der Waals surface area contributed by atoms with Crippen LogP contribution < -0.4 is 9.80 Å². The van der Waals surface area contributed by atoms with Crippen LogP contribution in [0.5, 0.6) is 0 Å². The van der Waals surface area contributed by atoms with Crippen LogP contribution in [0.2, 0.25) is 0 Å². The van der Waals surface area contributed by atoms with Crippen LogP contribution in [-0.2, 0) is 16.0 Å². The fraction of sp³-hybridized carbons (Fsp3) is 0.250. The van der Waals surface area contributed by atoms with Gasteiger partial charge in [-0.25, -0.2) is 0 Å². The van der Waals surface area contributed by atoms with Crippen LogP contribution in [0.1, 0.15) is 35.2 Å². The van der Waals surface area contributed by atoms with Crippen LogP contribution in [0.25, 0.3) is 0 Å². The molecule has 0 radical (unpaired) electrons. The average Bonchev–Trinajstić information content (AvgIpc) is 2.99. The van der Waals surface area contributed by atoms with E-state index in [1.165, 1.54) is 10.5 Å². The Morgan fingerprint density at radius 3 is 2.24 bits per heavy atom. The number of hydrogen-bond acceptors (Lipinski definition) is 3. The van der Waals surface area contributed by atoms with E-state index in [0.717, 1.165) is 18.5 Å². The summed E-state index contributed by atoms with van der Waals surface area (Å²) in [7, 11) is 0. The predicted octanol–water partition coefficient (Wildman–Crippen LogP) is 2.93. The molecule has 0 N–H and O–H groups in total. The molecular weight excluding hydrogens is 316 g/mol. The van der Waals surface area contributed by atoms with Crippen molar-refractivity contribution >= 4 is 29.1 Å². The highest BCUT2D eigenvalue weighted by Gasteiger charge is 2.30. The SMILES string of the molecule is O=C(c1ccc(N2C(=O)CCC2=O)cc1)N1CCCc2ccccc21. The normalized spacial score (nSPS) is 17.0. The maximum atomic E-state index is 12.9. The van der Waals surface area contributed by atoms with Crippen LogP contribution in [-0.4, -0.2) is 24.3 Å². The number of nitrogens with zero attached hydrogens (tertiary/aromatic N) is 2. The molecule has 4 rings (SSSR count). The molecule has 0 saturated carbocycles. The summed E-state index contributed by atoms with van der Waals surface area (Å²) in [6.45, 7) is 0.695. The van der Waals surface area contributed by atoms with Gasteiger partial charge in [0.25, 0.3) is 5.91 Å². The molecule has 25 heavy (non-hydrogen) atoms. The Labute approximate surface area is 145 Å². The third-order valence-corrected chi connectivity index (χ3v) is 4.78. The second kappa shape index (κ2) is 6.16. The highest BCUT2D eigenvalue weighted by Crippen LogP contribution is 2.29. The van der Waals surface area contributed by atoms with Crippen molar-refractivity contribution in [2.24, 2.45) is 0 Å². The molecule has 0 aliphatic carbocycles. The van der Waals surface area contributed by atoms with Gasteiger partial charge in [-0.3, -0.25) is 19.3 Å². The second-order valence-electron chi connectivity index (χ2n) is 6.36. The number of aryl methyl sites for hydroxylation is 1. The first kappa shape index (κ1) is 15.6. The minimum absolute atomic E-state index is 0.0576. The van der Waals surface area contributed by atoms with Gasteiger partial charge in [-0.1, -0.05) is 18.2 Å². The van der Waals surface area contributed by atoms with Gasteiger partial charge in [0.2, 0.25) is 11.8 Å². The van der Waals surface area contributed by atoms with Crippen molar-refractivity contribution in [3.05, 3.63) is 59.7 Å². The molecule has 2 heterocycles. The maximum absolute atomic E-state index is 12.9. The Bertz CT molecular complexity index is 841. The maximum Gasteiger partial charge on any atom is 0.258 e. The summed E-state index contributed by atoms with van der Waals surface area (Å²) in [5, 5.41) is 0. The van der Waals surface area contributed by atoms with Crippen LogP contribution in [0, 0.1) is 0 Å². The van der Waals surface area contributed by atoms with Crippen LogP contribution in [0.3, 0.4) is 0 Å². The van der Waals surface area contributed by atoms with Gasteiger partial charge in [-0.05, 0) is 48.7 Å². The highest BCUT2D eigenvalue weighted by molar-refractivity contribution is 6.20. The number of para-hydroxylation sites is 1. The first-order valence-electron chi connectivity index (χ1n) is 8.51. The molecule has 2 aliphatic rings. The van der Waals surface area contributed by atoms with E-state index in [0.29, 0.717) is 17.8 Å². The molecule has 2 aromatic rings. The largest absolute Gasteiger partial charge is 0.308 e. The standard InChI is InChI=1S/C20H18N2O3/c23-18-11-12-19(24)22(18)16-9-7-15(8-10-16)20(25)21-13-3-5-14-4-1-2-6-17(14)21/h1-2,4,6-10H,3,5,11-13H2. The Morgan fingerprint density at radius 2 is 1.52 bits per heavy atom. The Kier molecular flexibility index (Phi) is 3.84. The van der Waals surface area contributed by atoms with Crippen molar-refractivity contribution in [2.75, 3.05) is 16.3 Å². The van der Waals surface area contributed by atoms with Gasteiger partial charge in [-0.15, -0.1) is 0 Å². The van der Waals surface area contributed by atoms with Gasteiger partial charge < -0.3 is 4.90 Å². The number of hydrogen-bond donors (Lipinski definition) is 0. The number of benzene rings is 2. The lowest BCUT2D eigenvalue weighted by Gasteiger charge is -2.29. The van der Waals surface area contributed by atoms with Gasteiger partial charge in [0.1, 0.15) is 0 Å². The van der Waals surface area contributed by atoms with Crippen LogP contribution in [0.4, 0.5) is 11.4 Å². The molecular formula is C20H18N2O3. The molecule has 5 nitrogen and oxygen atoms in total. The monoisotopic (exact) mass is 334 g/mol. The van der Waals surface area contributed by atoms with E-state index in [9.17, 15) is 14.4 Å². The molecule has 0 spiro atoms. The molecule has 1 fully saturated rings. The lowest BCUT2D eigenvalue weighted by atomic mass is 10.0. The second-order valence-corrected chi connectivity index (χ2v) is 6.36. The number of imide groups is 1. The molecule has 5 heteroatoms. The number of fused-ring (bicyclic) bond motifs is 1. The van der Waals surface area contributed by atoms with Crippen molar-refractivity contribution in [3.63, 3.8) is 0 Å². The van der Waals surface area contributed by atoms with Crippen molar-refractivity contribution in [1.82, 2.24) is 0 Å². The summed E-state index contributed by atoms with van der Waals surface area (Å²) in [6, 6.07) is 14.7. The summed E-state index contributed by atoms with van der Waals surface area (Å²) in [5.41, 5.74) is 3.24. The third kappa shape index (κ3) is 2.71. The summed E-state index contributed by atoms with van der Waals surface area (Å²) in [5.74, 6) is -0.430. The third-order valence-electron chi connectivity index (χ3n) is 4.78. The zero-order chi connectivity index (χ0) is 17.4. The topological polar surface area (TPSA) is 57.7 Å². The van der Waals surface area contributed by atoms with Crippen molar-refractivity contribution < 1.29 is 14.4 Å². The molecule has 2 aromatic carbocycles. The van der Waals surface area contributed by atoms with Gasteiger partial charge in [0, 0.05) is 30.6 Å². The van der Waals surface area contributed by atoms with Crippen molar-refractivity contribution in [1.29, 1.82) is 0 Å². The lowest BCUT2D eigenvalue weighted by Crippen LogP contribution is -2.35. The molecule has 126 valence electrons. The number of anilines is 2. The minimum atomic E-state index is -0.186. The van der Waals surface area contributed by atoms with E-state index < -0.39 is 0 Å². The van der Waals surface area contributed by atoms with Gasteiger partial charge in [0.15, 0.2) is 0 Å². The number of carbonyl (C=O) groups excluding carboxylic acids is 3. The first-order valence-corrected chi connectivity index (χ1v) is 8.51. The molecule has 3 amide bonds. The number of carbonyl (C=O) groups is 3. The first-order chi connectivity index (χ1) is 12.1. The molecule has 0 atom stereocenters. The average molecular weight is 334 g/mol. The zero-order valence-corrected chi connectivity index (χ0v) is 13.8. The minimum Gasteiger partial charge on any atom is -0.308 e. The predicted molar refractivity (Wildman–Crippen MR) is 94.6 cm³/mol. The summed E-state index contributed by atoms with van der Waals surface area (Å²) in [6.07, 6.45) is 2.43. The summed E-state index contributed by atoms with van der Waals surface area (Å²) in [4.78, 5) is 39.5. The summed E-state index contributed by atoms with van der Waals surface area (Å²) < 4.78 is 0. The van der Waals surface area contributed by atoms with E-state index in [1.54, 1.807) is 29.2 Å². The van der Waals surface area contributed by atoms with E-state index in [4.69, 9.17) is 0 Å². The van der Waals surface area contributed by atoms with Gasteiger partial charge >= 0.3 is 0 Å². The molecule has 0 aromatic heterocycles. The van der Waals surface area contributed by atoms with Crippen molar-refractivity contribution in [2.45, 2.75) is 25.7 Å². The van der Waals surface area contributed by atoms with Crippen molar-refractivity contribution in [3.8, 4) is 0 Å².